The van der Waals surface area contributed by atoms with Crippen LogP contribution in [0.3, 0.4) is 0 Å². The van der Waals surface area contributed by atoms with Crippen molar-refractivity contribution < 1.29 is 17.9 Å². The Balaban J connectivity index is 1.80. The Bertz CT molecular complexity index is 903. The molecule has 0 bridgehead atoms. The summed E-state index contributed by atoms with van der Waals surface area (Å²) in [6, 6.07) is 14.3. The molecule has 1 aliphatic rings. The molecular weight excluding hydrogens is 352 g/mol. The second kappa shape index (κ2) is 7.47. The number of nitrogens with zero attached hydrogens (tertiary/aromatic N) is 2. The van der Waals surface area contributed by atoms with Crippen LogP contribution >= 0.6 is 0 Å². The molecule has 0 N–H and O–H groups in total. The highest BCUT2D eigenvalue weighted by Gasteiger charge is 2.31. The summed E-state index contributed by atoms with van der Waals surface area (Å²) in [5.41, 5.74) is 2.33. The molecule has 0 aliphatic carbocycles. The van der Waals surface area contributed by atoms with Crippen molar-refractivity contribution in [1.82, 2.24) is 4.31 Å². The molecule has 2 aromatic carbocycles. The Kier molecular flexibility index (Phi) is 5.29. The number of ether oxygens (including phenoxy) is 1. The number of aryl methyl sites for hydroxylation is 1. The van der Waals surface area contributed by atoms with E-state index < -0.39 is 16.0 Å². The molecule has 3 rings (SSSR count). The van der Waals surface area contributed by atoms with Gasteiger partial charge in [-0.2, -0.15) is 4.31 Å². The smallest absolute Gasteiger partial charge is 0.339 e. The summed E-state index contributed by atoms with van der Waals surface area (Å²) >= 11 is 0. The second-order valence-corrected chi connectivity index (χ2v) is 8.12. The quantitative estimate of drug-likeness (QED) is 0.768. The van der Waals surface area contributed by atoms with Gasteiger partial charge < -0.3 is 9.64 Å². The zero-order chi connectivity index (χ0) is 18.7. The molecule has 1 heterocycles. The minimum absolute atomic E-state index is 0.00384. The number of rotatable bonds is 4. The van der Waals surface area contributed by atoms with Gasteiger partial charge in [-0.05, 0) is 36.8 Å². The van der Waals surface area contributed by atoms with E-state index in [0.717, 1.165) is 5.69 Å². The van der Waals surface area contributed by atoms with Crippen LogP contribution in [0.2, 0.25) is 0 Å². The Hall–Kier alpha value is -2.38. The first kappa shape index (κ1) is 18.4. The number of hydrogen-bond donors (Lipinski definition) is 0. The van der Waals surface area contributed by atoms with Crippen LogP contribution in [0.4, 0.5) is 5.69 Å². The fourth-order valence-corrected chi connectivity index (χ4v) is 4.72. The van der Waals surface area contributed by atoms with Gasteiger partial charge in [0.25, 0.3) is 0 Å². The summed E-state index contributed by atoms with van der Waals surface area (Å²) < 4.78 is 32.2. The Labute approximate surface area is 154 Å². The molecule has 7 heteroatoms. The second-order valence-electron chi connectivity index (χ2n) is 6.22. The van der Waals surface area contributed by atoms with Gasteiger partial charge in [-0.1, -0.05) is 24.3 Å². The van der Waals surface area contributed by atoms with E-state index in [1.807, 2.05) is 25.1 Å². The lowest BCUT2D eigenvalue weighted by molar-refractivity contribution is 0.0596. The zero-order valence-corrected chi connectivity index (χ0v) is 15.7. The molecule has 0 spiro atoms. The van der Waals surface area contributed by atoms with E-state index in [1.165, 1.54) is 29.1 Å². The van der Waals surface area contributed by atoms with E-state index >= 15 is 0 Å². The van der Waals surface area contributed by atoms with Gasteiger partial charge >= 0.3 is 5.97 Å². The number of benzene rings is 2. The number of hydrogen-bond acceptors (Lipinski definition) is 5. The van der Waals surface area contributed by atoms with Crippen LogP contribution in [0.1, 0.15) is 15.9 Å². The van der Waals surface area contributed by atoms with Crippen LogP contribution in [-0.2, 0) is 14.8 Å². The molecule has 6 nitrogen and oxygen atoms in total. The molecule has 0 saturated carbocycles. The maximum atomic E-state index is 13.0. The van der Waals surface area contributed by atoms with Crippen molar-refractivity contribution in [3.8, 4) is 0 Å². The molecular formula is C19H22N2O4S. The number of esters is 1. The van der Waals surface area contributed by atoms with E-state index in [4.69, 9.17) is 4.74 Å². The van der Waals surface area contributed by atoms with Crippen LogP contribution in [0.15, 0.2) is 53.4 Å². The number of carbonyl (C=O) groups is 1. The van der Waals surface area contributed by atoms with Crippen LogP contribution < -0.4 is 4.90 Å². The Morgan fingerprint density at radius 2 is 1.69 bits per heavy atom. The maximum Gasteiger partial charge on any atom is 0.339 e. The third-order valence-corrected chi connectivity index (χ3v) is 6.47. The van der Waals surface area contributed by atoms with E-state index in [-0.39, 0.29) is 10.5 Å². The van der Waals surface area contributed by atoms with Crippen LogP contribution in [0.5, 0.6) is 0 Å². The topological polar surface area (TPSA) is 66.9 Å². The van der Waals surface area contributed by atoms with E-state index in [1.54, 1.807) is 12.1 Å². The van der Waals surface area contributed by atoms with Gasteiger partial charge in [-0.15, -0.1) is 0 Å². The summed E-state index contributed by atoms with van der Waals surface area (Å²) in [7, 11) is -2.51. The van der Waals surface area contributed by atoms with E-state index in [9.17, 15) is 13.2 Å². The molecule has 2 aromatic rings. The normalized spacial score (nSPS) is 15.7. The largest absolute Gasteiger partial charge is 0.465 e. The summed E-state index contributed by atoms with van der Waals surface area (Å²) in [4.78, 5) is 14.1. The molecule has 1 saturated heterocycles. The van der Waals surface area contributed by atoms with Gasteiger partial charge in [0.15, 0.2) is 0 Å². The van der Waals surface area contributed by atoms with E-state index in [2.05, 4.69) is 11.0 Å². The molecule has 0 atom stereocenters. The highest BCUT2D eigenvalue weighted by atomic mass is 32.2. The van der Waals surface area contributed by atoms with Gasteiger partial charge in [-0.25, -0.2) is 13.2 Å². The Morgan fingerprint density at radius 3 is 2.35 bits per heavy atom. The number of carbonyl (C=O) groups excluding carboxylic acids is 1. The fourth-order valence-electron chi connectivity index (χ4n) is 3.12. The van der Waals surface area contributed by atoms with Crippen molar-refractivity contribution in [1.29, 1.82) is 0 Å². The summed E-state index contributed by atoms with van der Waals surface area (Å²) in [6.07, 6.45) is 0. The standard InChI is InChI=1S/C19H22N2O4S/c1-15-6-5-7-16(14-15)20-10-12-21(13-11-20)26(23,24)18-9-4-3-8-17(18)19(22)25-2/h3-9,14H,10-13H2,1-2H3. The third kappa shape index (κ3) is 3.59. The molecule has 1 fully saturated rings. The van der Waals surface area contributed by atoms with Crippen molar-refractivity contribution >= 4 is 21.7 Å². The lowest BCUT2D eigenvalue weighted by atomic mass is 10.2. The van der Waals surface area contributed by atoms with Crippen molar-refractivity contribution in [3.63, 3.8) is 0 Å². The van der Waals surface area contributed by atoms with Crippen molar-refractivity contribution in [2.24, 2.45) is 0 Å². The highest BCUT2D eigenvalue weighted by molar-refractivity contribution is 7.89. The monoisotopic (exact) mass is 374 g/mol. The first-order valence-corrected chi connectivity index (χ1v) is 9.86. The minimum Gasteiger partial charge on any atom is -0.465 e. The predicted molar refractivity (Wildman–Crippen MR) is 99.9 cm³/mol. The van der Waals surface area contributed by atoms with Gasteiger partial charge in [0.2, 0.25) is 10.0 Å². The number of piperazine rings is 1. The number of anilines is 1. The molecule has 26 heavy (non-hydrogen) atoms. The average molecular weight is 374 g/mol. The van der Waals surface area contributed by atoms with Crippen molar-refractivity contribution in [2.45, 2.75) is 11.8 Å². The number of methoxy groups -OCH3 is 1. The molecule has 1 aliphatic heterocycles. The molecule has 0 radical (unpaired) electrons. The highest BCUT2D eigenvalue weighted by Crippen LogP contribution is 2.24. The van der Waals surface area contributed by atoms with Gasteiger partial charge in [0.1, 0.15) is 0 Å². The van der Waals surface area contributed by atoms with Crippen LogP contribution in [0, 0.1) is 6.92 Å². The fraction of sp³-hybridized carbons (Fsp3) is 0.316. The first-order chi connectivity index (χ1) is 12.4. The minimum atomic E-state index is -3.76. The SMILES string of the molecule is COC(=O)c1ccccc1S(=O)(=O)N1CCN(c2cccc(C)c2)CC1. The lowest BCUT2D eigenvalue weighted by Gasteiger charge is -2.35. The number of sulfonamides is 1. The lowest BCUT2D eigenvalue weighted by Crippen LogP contribution is -2.48. The third-order valence-electron chi connectivity index (χ3n) is 4.52. The van der Waals surface area contributed by atoms with E-state index in [0.29, 0.717) is 26.2 Å². The van der Waals surface area contributed by atoms with Crippen LogP contribution in [-0.4, -0.2) is 52.0 Å². The molecule has 0 aromatic heterocycles. The van der Waals surface area contributed by atoms with Crippen LogP contribution in [0.25, 0.3) is 0 Å². The Morgan fingerprint density at radius 1 is 1.00 bits per heavy atom. The first-order valence-electron chi connectivity index (χ1n) is 8.42. The zero-order valence-electron chi connectivity index (χ0n) is 14.9. The molecule has 0 unspecified atom stereocenters. The predicted octanol–water partition coefficient (Wildman–Crippen LogP) is 2.29. The average Bonchev–Trinajstić information content (AvgIpc) is 2.67. The summed E-state index contributed by atoms with van der Waals surface area (Å²) in [5.74, 6) is -0.650. The van der Waals surface area contributed by atoms with Crippen molar-refractivity contribution in [3.05, 3.63) is 59.7 Å². The summed E-state index contributed by atoms with van der Waals surface area (Å²) in [5, 5.41) is 0. The van der Waals surface area contributed by atoms with Gasteiger partial charge in [-0.3, -0.25) is 0 Å². The van der Waals surface area contributed by atoms with Gasteiger partial charge in [0.05, 0.1) is 17.6 Å². The molecule has 0 amide bonds. The summed E-state index contributed by atoms with van der Waals surface area (Å²) in [6.45, 7) is 3.97. The molecule has 138 valence electrons. The maximum absolute atomic E-state index is 13.0. The van der Waals surface area contributed by atoms with Gasteiger partial charge in [0, 0.05) is 31.9 Å². The van der Waals surface area contributed by atoms with Crippen molar-refractivity contribution in [2.75, 3.05) is 38.2 Å².